The van der Waals surface area contributed by atoms with E-state index >= 15 is 0 Å². The summed E-state index contributed by atoms with van der Waals surface area (Å²) in [5.41, 5.74) is 1.74. The van der Waals surface area contributed by atoms with Crippen LogP contribution in [0.3, 0.4) is 0 Å². The normalized spacial score (nSPS) is 11.6. The number of hydrogen-bond donors (Lipinski definition) is 0. The van der Waals surface area contributed by atoms with Crippen LogP contribution in [0, 0.1) is 0 Å². The van der Waals surface area contributed by atoms with Crippen molar-refractivity contribution in [1.82, 2.24) is 0 Å². The van der Waals surface area contributed by atoms with Gasteiger partial charge in [0.2, 0.25) is 0 Å². The summed E-state index contributed by atoms with van der Waals surface area (Å²) in [7, 11) is 0. The molecule has 0 heterocycles. The van der Waals surface area contributed by atoms with E-state index in [9.17, 15) is 9.59 Å². The maximum absolute atomic E-state index is 12.1. The maximum Gasteiger partial charge on any atom is 0.508 e. The van der Waals surface area contributed by atoms with E-state index in [-0.39, 0.29) is 25.3 Å². The molecule has 5 heteroatoms. The molecule has 1 aromatic carbocycles. The monoisotopic (exact) mass is 322 g/mol. The van der Waals surface area contributed by atoms with Crippen LogP contribution in [0.4, 0.5) is 4.79 Å². The fourth-order valence-electron chi connectivity index (χ4n) is 2.10. The number of rotatable bonds is 9. The third-order valence-corrected chi connectivity index (χ3v) is 3.38. The minimum Gasteiger partial charge on any atom is -0.459 e. The molecule has 0 aromatic heterocycles. The zero-order valence-electron chi connectivity index (χ0n) is 14.2. The van der Waals surface area contributed by atoms with Crippen LogP contribution < -0.4 is 0 Å². The van der Waals surface area contributed by atoms with E-state index < -0.39 is 6.16 Å². The van der Waals surface area contributed by atoms with Gasteiger partial charge in [0.15, 0.2) is 0 Å². The summed E-state index contributed by atoms with van der Waals surface area (Å²) in [5, 5.41) is 0. The lowest BCUT2D eigenvalue weighted by Gasteiger charge is -2.16. The highest BCUT2D eigenvalue weighted by Crippen LogP contribution is 2.12. The van der Waals surface area contributed by atoms with Gasteiger partial charge < -0.3 is 14.2 Å². The molecule has 1 rings (SSSR count). The van der Waals surface area contributed by atoms with Gasteiger partial charge in [-0.15, -0.1) is 0 Å². The van der Waals surface area contributed by atoms with E-state index in [0.29, 0.717) is 18.4 Å². The van der Waals surface area contributed by atoms with Gasteiger partial charge in [0.25, 0.3) is 0 Å². The van der Waals surface area contributed by atoms with E-state index in [1.807, 2.05) is 19.1 Å². The summed E-state index contributed by atoms with van der Waals surface area (Å²) < 4.78 is 15.0. The molecule has 0 spiro atoms. The molecule has 0 saturated heterocycles. The third-order valence-electron chi connectivity index (χ3n) is 3.38. The van der Waals surface area contributed by atoms with Crippen molar-refractivity contribution in [3.8, 4) is 0 Å². The van der Waals surface area contributed by atoms with Crippen molar-refractivity contribution in [2.24, 2.45) is 0 Å². The predicted molar refractivity (Wildman–Crippen MR) is 87.5 cm³/mol. The molecular formula is C18H26O5. The summed E-state index contributed by atoms with van der Waals surface area (Å²) in [5.74, 6) is -0.351. The van der Waals surface area contributed by atoms with Crippen LogP contribution in [-0.2, 0) is 20.6 Å². The minimum absolute atomic E-state index is 0.167. The lowest BCUT2D eigenvalue weighted by molar-refractivity contribution is 0.0158. The van der Waals surface area contributed by atoms with Crippen molar-refractivity contribution in [1.29, 1.82) is 0 Å². The van der Waals surface area contributed by atoms with E-state index in [1.165, 1.54) is 5.56 Å². The number of aryl methyl sites for hydroxylation is 1. The second-order valence-corrected chi connectivity index (χ2v) is 5.20. The highest BCUT2D eigenvalue weighted by Gasteiger charge is 2.15. The van der Waals surface area contributed by atoms with Gasteiger partial charge in [-0.25, -0.2) is 9.59 Å². The Morgan fingerprint density at radius 1 is 1.04 bits per heavy atom. The van der Waals surface area contributed by atoms with Gasteiger partial charge in [-0.2, -0.15) is 0 Å². The molecule has 0 N–H and O–H groups in total. The SMILES string of the molecule is CCCc1ccc(C(=O)OC(CC)CCOC(=O)OCC)cc1. The zero-order chi connectivity index (χ0) is 17.1. The molecule has 0 fully saturated rings. The molecule has 1 aromatic rings. The van der Waals surface area contributed by atoms with Crippen LogP contribution in [0.25, 0.3) is 0 Å². The molecule has 0 radical (unpaired) electrons. The van der Waals surface area contributed by atoms with Crippen molar-refractivity contribution in [3.63, 3.8) is 0 Å². The van der Waals surface area contributed by atoms with Gasteiger partial charge >= 0.3 is 12.1 Å². The number of hydrogen-bond acceptors (Lipinski definition) is 5. The van der Waals surface area contributed by atoms with Crippen LogP contribution in [0.5, 0.6) is 0 Å². The molecule has 0 amide bonds. The lowest BCUT2D eigenvalue weighted by Crippen LogP contribution is -2.20. The second-order valence-electron chi connectivity index (χ2n) is 5.20. The molecule has 1 unspecified atom stereocenters. The topological polar surface area (TPSA) is 61.8 Å². The van der Waals surface area contributed by atoms with Crippen LogP contribution in [0.15, 0.2) is 24.3 Å². The smallest absolute Gasteiger partial charge is 0.459 e. The van der Waals surface area contributed by atoms with Crippen molar-refractivity contribution in [2.45, 2.75) is 52.6 Å². The first kappa shape index (κ1) is 19.0. The Morgan fingerprint density at radius 2 is 1.74 bits per heavy atom. The Bertz CT molecular complexity index is 481. The Balaban J connectivity index is 2.44. The number of ether oxygens (including phenoxy) is 3. The summed E-state index contributed by atoms with van der Waals surface area (Å²) in [6.07, 6.45) is 2.20. The summed E-state index contributed by atoms with van der Waals surface area (Å²) in [6.45, 7) is 6.20. The highest BCUT2D eigenvalue weighted by atomic mass is 16.7. The highest BCUT2D eigenvalue weighted by molar-refractivity contribution is 5.89. The van der Waals surface area contributed by atoms with Gasteiger partial charge in [-0.3, -0.25) is 0 Å². The predicted octanol–water partition coefficient (Wildman–Crippen LogP) is 4.14. The summed E-state index contributed by atoms with van der Waals surface area (Å²) in [6, 6.07) is 7.47. The van der Waals surface area contributed by atoms with E-state index in [1.54, 1.807) is 19.1 Å². The second kappa shape index (κ2) is 10.6. The molecular weight excluding hydrogens is 296 g/mol. The van der Waals surface area contributed by atoms with E-state index in [4.69, 9.17) is 9.47 Å². The standard InChI is InChI=1S/C18H26O5/c1-4-7-14-8-10-15(11-9-14)17(19)23-16(5-2)12-13-22-18(20)21-6-3/h8-11,16H,4-7,12-13H2,1-3H3. The zero-order valence-corrected chi connectivity index (χ0v) is 14.2. The number of benzene rings is 1. The Morgan fingerprint density at radius 3 is 2.30 bits per heavy atom. The average molecular weight is 322 g/mol. The first-order chi connectivity index (χ1) is 11.1. The first-order valence-electron chi connectivity index (χ1n) is 8.20. The van der Waals surface area contributed by atoms with Crippen molar-refractivity contribution >= 4 is 12.1 Å². The average Bonchev–Trinajstić information content (AvgIpc) is 2.55. The summed E-state index contributed by atoms with van der Waals surface area (Å²) >= 11 is 0. The summed E-state index contributed by atoms with van der Waals surface area (Å²) in [4.78, 5) is 23.2. The van der Waals surface area contributed by atoms with Crippen molar-refractivity contribution < 1.29 is 23.8 Å². The number of carbonyl (C=O) groups excluding carboxylic acids is 2. The Labute approximate surface area is 137 Å². The fraction of sp³-hybridized carbons (Fsp3) is 0.556. The molecule has 5 nitrogen and oxygen atoms in total. The maximum atomic E-state index is 12.1. The number of carbonyl (C=O) groups is 2. The fourth-order valence-corrected chi connectivity index (χ4v) is 2.10. The lowest BCUT2D eigenvalue weighted by atomic mass is 10.1. The van der Waals surface area contributed by atoms with Gasteiger partial charge in [-0.1, -0.05) is 32.4 Å². The van der Waals surface area contributed by atoms with E-state index in [2.05, 4.69) is 11.7 Å². The molecule has 1 atom stereocenters. The van der Waals surface area contributed by atoms with Crippen LogP contribution in [0.2, 0.25) is 0 Å². The van der Waals surface area contributed by atoms with Gasteiger partial charge in [-0.05, 0) is 37.5 Å². The minimum atomic E-state index is -0.694. The number of esters is 1. The first-order valence-corrected chi connectivity index (χ1v) is 8.20. The van der Waals surface area contributed by atoms with Gasteiger partial charge in [0.05, 0.1) is 18.8 Å². The molecule has 0 aliphatic rings. The molecule has 0 saturated carbocycles. The molecule has 0 aliphatic carbocycles. The van der Waals surface area contributed by atoms with Gasteiger partial charge in [0, 0.05) is 6.42 Å². The van der Waals surface area contributed by atoms with E-state index in [0.717, 1.165) is 12.8 Å². The van der Waals surface area contributed by atoms with Gasteiger partial charge in [0.1, 0.15) is 6.10 Å². The molecule has 23 heavy (non-hydrogen) atoms. The van der Waals surface area contributed by atoms with Crippen LogP contribution in [0.1, 0.15) is 56.0 Å². The van der Waals surface area contributed by atoms with Crippen LogP contribution >= 0.6 is 0 Å². The molecule has 0 aliphatic heterocycles. The Hall–Kier alpha value is -2.04. The van der Waals surface area contributed by atoms with Crippen LogP contribution in [-0.4, -0.2) is 31.4 Å². The molecule has 128 valence electrons. The third kappa shape index (κ3) is 7.17. The quantitative estimate of drug-likeness (QED) is 0.639. The van der Waals surface area contributed by atoms with Crippen molar-refractivity contribution in [2.75, 3.05) is 13.2 Å². The largest absolute Gasteiger partial charge is 0.508 e. The molecule has 0 bridgehead atoms. The van der Waals surface area contributed by atoms with Crippen molar-refractivity contribution in [3.05, 3.63) is 35.4 Å². The Kier molecular flexibility index (Phi) is 8.80.